The fourth-order valence-corrected chi connectivity index (χ4v) is 9.01. The van der Waals surface area contributed by atoms with Gasteiger partial charge in [-0.2, -0.15) is 9.13 Å². The van der Waals surface area contributed by atoms with Crippen molar-refractivity contribution in [2.75, 3.05) is 0 Å². The number of pyridine rings is 1. The molecule has 0 atom stereocenters. The van der Waals surface area contributed by atoms with Crippen LogP contribution in [0.25, 0.3) is 72.3 Å². The molecule has 0 unspecified atom stereocenters. The van der Waals surface area contributed by atoms with E-state index in [9.17, 15) is 8.22 Å². The normalized spacial score (nSPS) is 14.7. The molecule has 0 aliphatic rings. The van der Waals surface area contributed by atoms with Crippen molar-refractivity contribution in [1.29, 1.82) is 0 Å². The highest BCUT2D eigenvalue weighted by Gasteiger charge is 2.27. The Bertz CT molecular complexity index is 3870. The van der Waals surface area contributed by atoms with Gasteiger partial charge in [0.2, 0.25) is 0 Å². The molecule has 7 aromatic carbocycles. The lowest BCUT2D eigenvalue weighted by Crippen LogP contribution is -2.31. The van der Waals surface area contributed by atoms with Crippen molar-refractivity contribution in [2.45, 2.75) is 80.5 Å². The third kappa shape index (κ3) is 8.91. The molecule has 334 valence electrons. The lowest BCUT2D eigenvalue weighted by atomic mass is 9.82. The summed E-state index contributed by atoms with van der Waals surface area (Å²) in [6.07, 6.45) is -0.0835. The Morgan fingerprint density at radius 3 is 1.94 bits per heavy atom. The molecular formula is C62H61N4O+. The molecule has 0 amide bonds. The molecular weight excluding hydrogens is 817 g/mol. The summed E-state index contributed by atoms with van der Waals surface area (Å²) in [5.74, 6) is 2.01. The smallest absolute Gasteiger partial charge is 0.255 e. The molecule has 0 fully saturated rings. The summed E-state index contributed by atoms with van der Waals surface area (Å²) in [6, 6.07) is 42.4. The maximum atomic E-state index is 9.49. The number of hydrogen-bond donors (Lipinski definition) is 0. The van der Waals surface area contributed by atoms with Gasteiger partial charge in [0.05, 0.1) is 17.9 Å². The Morgan fingerprint density at radius 2 is 1.22 bits per heavy atom. The highest BCUT2D eigenvalue weighted by molar-refractivity contribution is 6.09. The van der Waals surface area contributed by atoms with Gasteiger partial charge in [0.1, 0.15) is 28.7 Å². The topological polar surface area (TPSA) is 35.9 Å². The highest BCUT2D eigenvalue weighted by Crippen LogP contribution is 2.39. The zero-order chi connectivity index (χ0) is 54.6. The average Bonchev–Trinajstić information content (AvgIpc) is 3.96. The first kappa shape index (κ1) is 34.1. The van der Waals surface area contributed by atoms with Crippen LogP contribution in [0.5, 0.6) is 11.5 Å². The third-order valence-corrected chi connectivity index (χ3v) is 11.8. The molecule has 0 spiro atoms. The number of ether oxygens (including phenoxy) is 1. The van der Waals surface area contributed by atoms with Crippen LogP contribution in [0.2, 0.25) is 0 Å². The Balaban J connectivity index is 1.17. The van der Waals surface area contributed by atoms with Crippen LogP contribution in [0, 0.1) is 10.8 Å². The fraction of sp³-hybridized carbons (Fsp3) is 0.226. The van der Waals surface area contributed by atoms with Crippen LogP contribution in [-0.2, 0) is 18.2 Å². The number of imidazole rings is 1. The maximum Gasteiger partial charge on any atom is 0.255 e. The summed E-state index contributed by atoms with van der Waals surface area (Å²) in [4.78, 5) is 4.86. The first-order valence-corrected chi connectivity index (χ1v) is 22.9. The molecule has 10 aromatic rings. The molecule has 0 saturated carbocycles. The van der Waals surface area contributed by atoms with E-state index >= 15 is 0 Å². The first-order valence-electron chi connectivity index (χ1n) is 27.4. The van der Waals surface area contributed by atoms with E-state index in [-0.39, 0.29) is 34.2 Å². The lowest BCUT2D eigenvalue weighted by Gasteiger charge is -2.23. The van der Waals surface area contributed by atoms with Crippen molar-refractivity contribution in [3.8, 4) is 50.9 Å². The third-order valence-electron chi connectivity index (χ3n) is 11.8. The Hall–Kier alpha value is -7.24. The predicted octanol–water partition coefficient (Wildman–Crippen LogP) is 16.0. The molecule has 10 rings (SSSR count). The Kier molecular flexibility index (Phi) is 8.60. The van der Waals surface area contributed by atoms with Gasteiger partial charge in [-0.25, -0.2) is 4.98 Å². The maximum absolute atomic E-state index is 9.49. The average molecular weight is 887 g/mol. The molecule has 5 nitrogen and oxygen atoms in total. The van der Waals surface area contributed by atoms with E-state index in [2.05, 4.69) is 55.7 Å². The second-order valence-corrected chi connectivity index (χ2v) is 20.4. The molecule has 0 saturated heterocycles. The molecule has 3 aromatic heterocycles. The van der Waals surface area contributed by atoms with E-state index in [1.54, 1.807) is 30.3 Å². The lowest BCUT2D eigenvalue weighted by molar-refractivity contribution is -0.566. The standard InChI is InChI=1S/C62H61N4O/c1-60(2,3)39-42-33-43(40-61(4,5)6)35-45(34-42)51-25-18-24-50(44-19-11-10-12-20-44)59(51)65-41-64(55-27-15-16-28-56(55)65)47-21-17-22-48(37-47)67-49-29-30-53-52-23-13-14-26-54(52)66(57(53)38-49)58-36-46(31-32-63-58)62(7,8)9/h10-38,41H,39-40H2,1-9H3/q+1/i10D,11D,12D,19D,20D,39D2,40D2. The van der Waals surface area contributed by atoms with Crippen molar-refractivity contribution in [3.05, 3.63) is 199 Å². The highest BCUT2D eigenvalue weighted by atomic mass is 16.5. The van der Waals surface area contributed by atoms with Gasteiger partial charge in [0.25, 0.3) is 6.33 Å². The summed E-state index contributed by atoms with van der Waals surface area (Å²) < 4.78 is 95.4. The van der Waals surface area contributed by atoms with Gasteiger partial charge in [0, 0.05) is 45.7 Å². The quantitative estimate of drug-likeness (QED) is 0.135. The molecule has 0 bridgehead atoms. The summed E-state index contributed by atoms with van der Waals surface area (Å²) in [5, 5.41) is 2.16. The number of fused-ring (bicyclic) bond motifs is 4. The van der Waals surface area contributed by atoms with E-state index in [4.69, 9.17) is 13.8 Å². The number of hydrogen-bond acceptors (Lipinski definition) is 2. The minimum Gasteiger partial charge on any atom is -0.457 e. The van der Waals surface area contributed by atoms with Gasteiger partial charge in [-0.05, 0) is 111 Å². The SMILES string of the molecule is [2H]c1c([2H])c([2H])c(-c2cccc(-c3cc(C([2H])([2H])C(C)(C)C)cc(C([2H])([2H])C(C)(C)C)c3)c2-[n+]2cn(-c3cccc(Oc4ccc5c6ccccc6n(-c6cc(C(C)(C)C)ccn6)c5c4)c3)c3ccccc32)c([2H])c1[2H]. The van der Waals surface area contributed by atoms with E-state index < -0.39 is 41.7 Å². The molecule has 0 radical (unpaired) electrons. The minimum atomic E-state index is -1.92. The number of rotatable bonds is 9. The fourth-order valence-electron chi connectivity index (χ4n) is 9.01. The number of nitrogens with zero attached hydrogens (tertiary/aromatic N) is 4. The van der Waals surface area contributed by atoms with Gasteiger partial charge in [-0.15, -0.1) is 0 Å². The number of aromatic nitrogens is 4. The second kappa shape index (κ2) is 16.9. The van der Waals surface area contributed by atoms with Gasteiger partial charge in [-0.3, -0.25) is 4.57 Å². The Morgan fingerprint density at radius 1 is 0.582 bits per heavy atom. The van der Waals surface area contributed by atoms with Crippen molar-refractivity contribution < 1.29 is 21.6 Å². The van der Waals surface area contributed by atoms with Crippen LogP contribution in [0.1, 0.15) is 91.3 Å². The van der Waals surface area contributed by atoms with Crippen molar-refractivity contribution >= 4 is 32.8 Å². The monoisotopic (exact) mass is 887 g/mol. The van der Waals surface area contributed by atoms with Crippen molar-refractivity contribution in [1.82, 2.24) is 14.1 Å². The molecule has 3 heterocycles. The minimum absolute atomic E-state index is 0.0114. The van der Waals surface area contributed by atoms with Crippen LogP contribution >= 0.6 is 0 Å². The van der Waals surface area contributed by atoms with Gasteiger partial charge < -0.3 is 4.74 Å². The zero-order valence-corrected chi connectivity index (χ0v) is 39.6. The van der Waals surface area contributed by atoms with Crippen LogP contribution in [-0.4, -0.2) is 14.1 Å². The van der Waals surface area contributed by atoms with Gasteiger partial charge in [0.15, 0.2) is 11.0 Å². The summed E-state index contributed by atoms with van der Waals surface area (Å²) in [5.41, 5.74) is 5.88. The van der Waals surface area contributed by atoms with E-state index in [0.717, 1.165) is 38.8 Å². The molecule has 5 heteroatoms. The summed E-state index contributed by atoms with van der Waals surface area (Å²) in [6.45, 7) is 17.5. The Labute approximate surface area is 408 Å². The van der Waals surface area contributed by atoms with E-state index in [1.165, 1.54) is 5.56 Å². The second-order valence-electron chi connectivity index (χ2n) is 20.4. The van der Waals surface area contributed by atoms with Crippen molar-refractivity contribution in [2.24, 2.45) is 10.8 Å². The largest absolute Gasteiger partial charge is 0.457 e. The first-order chi connectivity index (χ1) is 35.7. The van der Waals surface area contributed by atoms with E-state index in [0.29, 0.717) is 39.4 Å². The molecule has 0 aliphatic heterocycles. The predicted molar refractivity (Wildman–Crippen MR) is 279 cm³/mol. The van der Waals surface area contributed by atoms with E-state index in [1.807, 2.05) is 142 Å². The number of para-hydroxylation sites is 4. The zero-order valence-electron chi connectivity index (χ0n) is 48.6. The van der Waals surface area contributed by atoms with Crippen LogP contribution in [0.4, 0.5) is 0 Å². The van der Waals surface area contributed by atoms with Crippen LogP contribution in [0.3, 0.4) is 0 Å². The summed E-state index contributed by atoms with van der Waals surface area (Å²) in [7, 11) is 0. The molecule has 0 N–H and O–H groups in total. The van der Waals surface area contributed by atoms with Gasteiger partial charge >= 0.3 is 0 Å². The summed E-state index contributed by atoms with van der Waals surface area (Å²) >= 11 is 0. The van der Waals surface area contributed by atoms with Crippen LogP contribution < -0.4 is 9.30 Å². The van der Waals surface area contributed by atoms with Crippen LogP contribution in [0.15, 0.2) is 182 Å². The van der Waals surface area contributed by atoms with Gasteiger partial charge in [-0.1, -0.05) is 165 Å². The number of benzene rings is 7. The molecule has 0 aliphatic carbocycles. The molecule has 67 heavy (non-hydrogen) atoms. The van der Waals surface area contributed by atoms with Crippen molar-refractivity contribution in [3.63, 3.8) is 0 Å².